The number of ether oxygens (including phenoxy) is 3. The molecule has 0 aliphatic heterocycles. The molecule has 0 saturated carbocycles. The topological polar surface area (TPSA) is 82.8 Å². The minimum absolute atomic E-state index is 0.200. The number of benzene rings is 1. The van der Waals surface area contributed by atoms with E-state index in [2.05, 4.69) is 5.32 Å². The standard InChI is InChI=1S/C13H20N2O4/c1-17-9-12(14)13(16)15-7-8-19-11-5-3-10(18-2)4-6-11/h3-6,12H,7-9,14H2,1-2H3,(H,15,16). The zero-order chi connectivity index (χ0) is 14.1. The number of nitrogens with one attached hydrogen (secondary N) is 1. The summed E-state index contributed by atoms with van der Waals surface area (Å²) in [5, 5.41) is 2.67. The van der Waals surface area contributed by atoms with Crippen LogP contribution in [0, 0.1) is 0 Å². The molecule has 0 spiro atoms. The predicted octanol–water partition coefficient (Wildman–Crippen LogP) is 0.164. The Morgan fingerprint density at radius 2 is 1.89 bits per heavy atom. The fourth-order valence-corrected chi connectivity index (χ4v) is 1.40. The van der Waals surface area contributed by atoms with Crippen LogP contribution in [0.1, 0.15) is 0 Å². The fraction of sp³-hybridized carbons (Fsp3) is 0.462. The van der Waals surface area contributed by atoms with Crippen molar-refractivity contribution < 1.29 is 19.0 Å². The van der Waals surface area contributed by atoms with Crippen LogP contribution >= 0.6 is 0 Å². The molecule has 19 heavy (non-hydrogen) atoms. The molecule has 6 nitrogen and oxygen atoms in total. The number of amides is 1. The molecule has 1 aromatic rings. The summed E-state index contributed by atoms with van der Waals surface area (Å²) in [5.74, 6) is 1.24. The smallest absolute Gasteiger partial charge is 0.239 e. The maximum absolute atomic E-state index is 11.4. The Hall–Kier alpha value is -1.79. The molecule has 0 saturated heterocycles. The summed E-state index contributed by atoms with van der Waals surface area (Å²) < 4.78 is 15.3. The van der Waals surface area contributed by atoms with E-state index in [0.717, 1.165) is 11.5 Å². The van der Waals surface area contributed by atoms with E-state index in [4.69, 9.17) is 19.9 Å². The molecular formula is C13H20N2O4. The summed E-state index contributed by atoms with van der Waals surface area (Å²) >= 11 is 0. The van der Waals surface area contributed by atoms with E-state index in [1.807, 2.05) is 12.1 Å². The van der Waals surface area contributed by atoms with E-state index in [-0.39, 0.29) is 12.5 Å². The normalized spacial score (nSPS) is 11.7. The monoisotopic (exact) mass is 268 g/mol. The Morgan fingerprint density at radius 3 is 2.47 bits per heavy atom. The third-order valence-electron chi connectivity index (χ3n) is 2.41. The Bertz CT molecular complexity index is 381. The van der Waals surface area contributed by atoms with E-state index < -0.39 is 6.04 Å². The Kier molecular flexibility index (Phi) is 6.70. The Morgan fingerprint density at radius 1 is 1.26 bits per heavy atom. The lowest BCUT2D eigenvalue weighted by Gasteiger charge is -2.12. The zero-order valence-corrected chi connectivity index (χ0v) is 11.2. The highest BCUT2D eigenvalue weighted by Gasteiger charge is 2.11. The van der Waals surface area contributed by atoms with Crippen molar-refractivity contribution in [3.8, 4) is 11.5 Å². The summed E-state index contributed by atoms with van der Waals surface area (Å²) in [6.07, 6.45) is 0. The van der Waals surface area contributed by atoms with E-state index in [9.17, 15) is 4.79 Å². The largest absolute Gasteiger partial charge is 0.497 e. The number of nitrogens with two attached hydrogens (primary N) is 1. The second-order valence-corrected chi connectivity index (χ2v) is 3.88. The number of hydrogen-bond acceptors (Lipinski definition) is 5. The van der Waals surface area contributed by atoms with Gasteiger partial charge in [0, 0.05) is 7.11 Å². The van der Waals surface area contributed by atoms with Crippen LogP contribution < -0.4 is 20.5 Å². The molecule has 1 unspecified atom stereocenters. The van der Waals surface area contributed by atoms with Crippen LogP contribution in [0.3, 0.4) is 0 Å². The molecule has 0 aliphatic carbocycles. The first-order valence-electron chi connectivity index (χ1n) is 5.96. The third kappa shape index (κ3) is 5.58. The SMILES string of the molecule is COCC(N)C(=O)NCCOc1ccc(OC)cc1. The van der Waals surface area contributed by atoms with Crippen molar-refractivity contribution in [3.05, 3.63) is 24.3 Å². The highest BCUT2D eigenvalue weighted by atomic mass is 16.5. The molecule has 0 radical (unpaired) electrons. The van der Waals surface area contributed by atoms with Gasteiger partial charge in [0.25, 0.3) is 0 Å². The van der Waals surface area contributed by atoms with Gasteiger partial charge in [0.2, 0.25) is 5.91 Å². The van der Waals surface area contributed by atoms with E-state index in [0.29, 0.717) is 13.2 Å². The molecule has 1 aromatic carbocycles. The summed E-state index contributed by atoms with van der Waals surface area (Å²) in [5.41, 5.74) is 5.56. The Labute approximate surface area is 112 Å². The van der Waals surface area contributed by atoms with Crippen LogP contribution in [0.5, 0.6) is 11.5 Å². The van der Waals surface area contributed by atoms with Crippen molar-refractivity contribution in [1.29, 1.82) is 0 Å². The lowest BCUT2D eigenvalue weighted by atomic mass is 10.3. The van der Waals surface area contributed by atoms with Gasteiger partial charge in [-0.15, -0.1) is 0 Å². The maximum atomic E-state index is 11.4. The molecule has 106 valence electrons. The van der Waals surface area contributed by atoms with E-state index in [1.54, 1.807) is 19.2 Å². The summed E-state index contributed by atoms with van der Waals surface area (Å²) in [4.78, 5) is 11.4. The second kappa shape index (κ2) is 8.34. The number of carbonyl (C=O) groups is 1. The number of rotatable bonds is 8. The summed E-state index contributed by atoms with van der Waals surface area (Å²) in [6, 6.07) is 6.57. The lowest BCUT2D eigenvalue weighted by molar-refractivity contribution is -0.123. The van der Waals surface area contributed by atoms with Crippen LogP contribution in [0.4, 0.5) is 0 Å². The number of carbonyl (C=O) groups excluding carboxylic acids is 1. The molecule has 0 aromatic heterocycles. The maximum Gasteiger partial charge on any atom is 0.239 e. The first kappa shape index (κ1) is 15.3. The van der Waals surface area contributed by atoms with Gasteiger partial charge in [0.05, 0.1) is 20.3 Å². The summed E-state index contributed by atoms with van der Waals surface area (Å²) in [6.45, 7) is 0.964. The highest BCUT2D eigenvalue weighted by molar-refractivity contribution is 5.81. The first-order chi connectivity index (χ1) is 9.17. The molecule has 1 atom stereocenters. The second-order valence-electron chi connectivity index (χ2n) is 3.88. The van der Waals surface area contributed by atoms with Crippen molar-refractivity contribution in [2.75, 3.05) is 34.0 Å². The highest BCUT2D eigenvalue weighted by Crippen LogP contribution is 2.16. The van der Waals surface area contributed by atoms with Gasteiger partial charge in [-0.05, 0) is 24.3 Å². The zero-order valence-electron chi connectivity index (χ0n) is 11.2. The van der Waals surface area contributed by atoms with Crippen LogP contribution in [0.2, 0.25) is 0 Å². The minimum atomic E-state index is -0.647. The van der Waals surface area contributed by atoms with E-state index >= 15 is 0 Å². The molecule has 1 rings (SSSR count). The molecule has 0 aliphatic rings. The first-order valence-corrected chi connectivity index (χ1v) is 5.96. The van der Waals surface area contributed by atoms with Gasteiger partial charge in [0.1, 0.15) is 24.1 Å². The van der Waals surface area contributed by atoms with Crippen molar-refractivity contribution in [3.63, 3.8) is 0 Å². The van der Waals surface area contributed by atoms with Crippen molar-refractivity contribution in [2.45, 2.75) is 6.04 Å². The van der Waals surface area contributed by atoms with Gasteiger partial charge < -0.3 is 25.3 Å². The van der Waals surface area contributed by atoms with Crippen LogP contribution in [-0.4, -0.2) is 45.9 Å². The molecular weight excluding hydrogens is 248 g/mol. The van der Waals surface area contributed by atoms with Gasteiger partial charge in [-0.25, -0.2) is 0 Å². The van der Waals surface area contributed by atoms with Gasteiger partial charge in [-0.1, -0.05) is 0 Å². The Balaban J connectivity index is 2.21. The molecule has 1 amide bonds. The van der Waals surface area contributed by atoms with Crippen LogP contribution in [-0.2, 0) is 9.53 Å². The van der Waals surface area contributed by atoms with Crippen LogP contribution in [0.15, 0.2) is 24.3 Å². The van der Waals surface area contributed by atoms with Crippen molar-refractivity contribution in [2.24, 2.45) is 5.73 Å². The molecule has 3 N–H and O–H groups in total. The van der Waals surface area contributed by atoms with Crippen molar-refractivity contribution in [1.82, 2.24) is 5.32 Å². The molecule has 0 fully saturated rings. The minimum Gasteiger partial charge on any atom is -0.497 e. The fourth-order valence-electron chi connectivity index (χ4n) is 1.40. The van der Waals surface area contributed by atoms with Crippen LogP contribution in [0.25, 0.3) is 0 Å². The van der Waals surface area contributed by atoms with Gasteiger partial charge >= 0.3 is 0 Å². The third-order valence-corrected chi connectivity index (χ3v) is 2.41. The molecule has 0 bridgehead atoms. The van der Waals surface area contributed by atoms with Gasteiger partial charge in [0.15, 0.2) is 0 Å². The number of hydrogen-bond donors (Lipinski definition) is 2. The predicted molar refractivity (Wildman–Crippen MR) is 71.4 cm³/mol. The quantitative estimate of drug-likeness (QED) is 0.656. The molecule has 6 heteroatoms. The van der Waals surface area contributed by atoms with Gasteiger partial charge in [-0.3, -0.25) is 4.79 Å². The van der Waals surface area contributed by atoms with E-state index in [1.165, 1.54) is 7.11 Å². The van der Waals surface area contributed by atoms with Gasteiger partial charge in [-0.2, -0.15) is 0 Å². The molecule has 0 heterocycles. The average molecular weight is 268 g/mol. The van der Waals surface area contributed by atoms with Crippen molar-refractivity contribution >= 4 is 5.91 Å². The average Bonchev–Trinajstić information content (AvgIpc) is 2.44. The summed E-state index contributed by atoms with van der Waals surface area (Å²) in [7, 11) is 3.11. The lowest BCUT2D eigenvalue weighted by Crippen LogP contribution is -2.44. The number of methoxy groups -OCH3 is 2.